The summed E-state index contributed by atoms with van der Waals surface area (Å²) in [5, 5.41) is 18.9. The lowest BCUT2D eigenvalue weighted by Gasteiger charge is -2.12. The first-order valence-corrected chi connectivity index (χ1v) is 8.54. The molecule has 0 aliphatic rings. The van der Waals surface area contributed by atoms with Crippen molar-refractivity contribution in [2.45, 2.75) is 13.8 Å². The predicted molar refractivity (Wildman–Crippen MR) is 105 cm³/mol. The second kappa shape index (κ2) is 6.64. The van der Waals surface area contributed by atoms with Gasteiger partial charge in [-0.3, -0.25) is 0 Å². The van der Waals surface area contributed by atoms with Gasteiger partial charge < -0.3 is 19.0 Å². The summed E-state index contributed by atoms with van der Waals surface area (Å²) in [4.78, 5) is 4.95. The maximum atomic E-state index is 9.71. The van der Waals surface area contributed by atoms with Crippen LogP contribution in [0.1, 0.15) is 17.0 Å². The maximum absolute atomic E-state index is 9.71. The van der Waals surface area contributed by atoms with Crippen molar-refractivity contribution < 1.29 is 14.5 Å². The molecule has 0 aliphatic carbocycles. The Morgan fingerprint density at radius 2 is 1.85 bits per heavy atom. The number of phenolic OH excluding ortho intramolecular Hbond substituents is 1. The number of aromatic hydroxyl groups is 1. The van der Waals surface area contributed by atoms with Crippen molar-refractivity contribution in [1.29, 1.82) is 0 Å². The SMILES string of the molecule is CON=Cc1c(-c2c(C)noc2C)n(-c2ccc(O)cc2)c2ccccc12. The molecule has 0 unspecified atom stereocenters. The molecule has 2 aromatic heterocycles. The number of hydrogen-bond acceptors (Lipinski definition) is 5. The number of oxime groups is 1. The monoisotopic (exact) mass is 361 g/mol. The zero-order valence-electron chi connectivity index (χ0n) is 15.3. The summed E-state index contributed by atoms with van der Waals surface area (Å²) in [6.45, 7) is 3.81. The lowest BCUT2D eigenvalue weighted by Crippen LogP contribution is -1.99. The van der Waals surface area contributed by atoms with Crippen LogP contribution in [-0.4, -0.2) is 28.2 Å². The van der Waals surface area contributed by atoms with Crippen LogP contribution in [0.25, 0.3) is 27.8 Å². The molecule has 4 aromatic rings. The van der Waals surface area contributed by atoms with E-state index < -0.39 is 0 Å². The molecule has 0 saturated carbocycles. The smallest absolute Gasteiger partial charge is 0.143 e. The van der Waals surface area contributed by atoms with Gasteiger partial charge in [-0.15, -0.1) is 0 Å². The van der Waals surface area contributed by atoms with Crippen molar-refractivity contribution in [3.05, 3.63) is 65.5 Å². The van der Waals surface area contributed by atoms with Crippen molar-refractivity contribution in [3.8, 4) is 22.7 Å². The van der Waals surface area contributed by atoms with Crippen LogP contribution >= 0.6 is 0 Å². The van der Waals surface area contributed by atoms with Gasteiger partial charge in [0.2, 0.25) is 0 Å². The fourth-order valence-electron chi connectivity index (χ4n) is 3.44. The molecule has 4 rings (SSSR count). The molecule has 0 spiro atoms. The summed E-state index contributed by atoms with van der Waals surface area (Å²) in [5.41, 5.74) is 5.46. The third kappa shape index (κ3) is 2.75. The Balaban J connectivity index is 2.16. The molecule has 27 heavy (non-hydrogen) atoms. The molecule has 0 bridgehead atoms. The van der Waals surface area contributed by atoms with Crippen molar-refractivity contribution in [3.63, 3.8) is 0 Å². The molecule has 0 fully saturated rings. The number of nitrogens with zero attached hydrogens (tertiary/aromatic N) is 3. The highest BCUT2D eigenvalue weighted by Crippen LogP contribution is 2.38. The Morgan fingerprint density at radius 3 is 2.52 bits per heavy atom. The molecule has 136 valence electrons. The van der Waals surface area contributed by atoms with Gasteiger partial charge >= 0.3 is 0 Å². The minimum Gasteiger partial charge on any atom is -0.508 e. The molecule has 1 N–H and O–H groups in total. The van der Waals surface area contributed by atoms with Gasteiger partial charge in [-0.1, -0.05) is 28.5 Å². The van der Waals surface area contributed by atoms with Gasteiger partial charge in [-0.25, -0.2) is 0 Å². The van der Waals surface area contributed by atoms with Gasteiger partial charge in [-0.05, 0) is 44.2 Å². The zero-order valence-corrected chi connectivity index (χ0v) is 15.3. The predicted octanol–water partition coefficient (Wildman–Crippen LogP) is 4.59. The highest BCUT2D eigenvalue weighted by molar-refractivity contribution is 6.07. The molecule has 0 saturated heterocycles. The molecule has 6 heteroatoms. The number of rotatable bonds is 4. The number of aryl methyl sites for hydroxylation is 2. The molecule has 0 amide bonds. The van der Waals surface area contributed by atoms with E-state index in [2.05, 4.69) is 14.9 Å². The fourth-order valence-corrected chi connectivity index (χ4v) is 3.44. The van der Waals surface area contributed by atoms with Crippen LogP contribution < -0.4 is 0 Å². The first-order chi connectivity index (χ1) is 13.1. The van der Waals surface area contributed by atoms with Crippen LogP contribution in [0.15, 0.2) is 58.2 Å². The van der Waals surface area contributed by atoms with Gasteiger partial charge in [0.1, 0.15) is 18.6 Å². The molecule has 0 atom stereocenters. The normalized spacial score (nSPS) is 11.5. The Bertz CT molecular complexity index is 1120. The minimum absolute atomic E-state index is 0.218. The van der Waals surface area contributed by atoms with E-state index in [-0.39, 0.29) is 5.75 Å². The standard InChI is InChI=1S/C21H19N3O3/c1-13-20(14(2)27-23-13)21-18(12-22-26-3)17-6-4-5-7-19(17)24(21)15-8-10-16(25)11-9-15/h4-12,25H,1-3H3. The molecular formula is C21H19N3O3. The first-order valence-electron chi connectivity index (χ1n) is 8.54. The lowest BCUT2D eigenvalue weighted by atomic mass is 10.0. The van der Waals surface area contributed by atoms with Gasteiger partial charge in [0.05, 0.1) is 28.7 Å². The highest BCUT2D eigenvalue weighted by Gasteiger charge is 2.24. The van der Waals surface area contributed by atoms with Crippen LogP contribution in [-0.2, 0) is 4.84 Å². The van der Waals surface area contributed by atoms with Crippen LogP contribution in [0, 0.1) is 13.8 Å². The third-order valence-electron chi connectivity index (χ3n) is 4.58. The maximum Gasteiger partial charge on any atom is 0.143 e. The second-order valence-electron chi connectivity index (χ2n) is 6.25. The second-order valence-corrected chi connectivity index (χ2v) is 6.25. The minimum atomic E-state index is 0.218. The average Bonchev–Trinajstić information content (AvgIpc) is 3.17. The average molecular weight is 361 g/mol. The number of fused-ring (bicyclic) bond motifs is 1. The topological polar surface area (TPSA) is 72.8 Å². The number of hydrogen-bond donors (Lipinski definition) is 1. The molecule has 0 aliphatic heterocycles. The van der Waals surface area contributed by atoms with E-state index in [0.29, 0.717) is 0 Å². The Kier molecular flexibility index (Phi) is 4.16. The summed E-state index contributed by atoms with van der Waals surface area (Å²) in [5.74, 6) is 0.942. The van der Waals surface area contributed by atoms with Crippen LogP contribution in [0.2, 0.25) is 0 Å². The Hall–Kier alpha value is -3.54. The third-order valence-corrected chi connectivity index (χ3v) is 4.58. The summed E-state index contributed by atoms with van der Waals surface area (Å²) in [6.07, 6.45) is 1.71. The van der Waals surface area contributed by atoms with E-state index in [1.165, 1.54) is 7.11 Å². The van der Waals surface area contributed by atoms with E-state index in [4.69, 9.17) is 9.36 Å². The summed E-state index contributed by atoms with van der Waals surface area (Å²) < 4.78 is 7.56. The summed E-state index contributed by atoms with van der Waals surface area (Å²) in [7, 11) is 1.52. The van der Waals surface area contributed by atoms with Gasteiger partial charge in [0.15, 0.2) is 0 Å². The quantitative estimate of drug-likeness (QED) is 0.426. The largest absolute Gasteiger partial charge is 0.508 e. The summed E-state index contributed by atoms with van der Waals surface area (Å²) >= 11 is 0. The molecule has 2 heterocycles. The van der Waals surface area contributed by atoms with Crippen LogP contribution in [0.4, 0.5) is 0 Å². The number of para-hydroxylation sites is 1. The van der Waals surface area contributed by atoms with E-state index >= 15 is 0 Å². The van der Waals surface area contributed by atoms with Crippen molar-refractivity contribution >= 4 is 17.1 Å². The number of aromatic nitrogens is 2. The molecule has 0 radical (unpaired) electrons. The zero-order chi connectivity index (χ0) is 19.0. The summed E-state index contributed by atoms with van der Waals surface area (Å²) in [6, 6.07) is 15.2. The highest BCUT2D eigenvalue weighted by atomic mass is 16.6. The molecular weight excluding hydrogens is 342 g/mol. The van der Waals surface area contributed by atoms with E-state index in [9.17, 15) is 5.11 Å². The van der Waals surface area contributed by atoms with E-state index in [1.54, 1.807) is 18.3 Å². The Labute approximate surface area is 156 Å². The van der Waals surface area contributed by atoms with Gasteiger partial charge in [-0.2, -0.15) is 0 Å². The van der Waals surface area contributed by atoms with Crippen molar-refractivity contribution in [2.75, 3.05) is 7.11 Å². The van der Waals surface area contributed by atoms with Crippen LogP contribution in [0.5, 0.6) is 5.75 Å². The fraction of sp³-hybridized carbons (Fsp3) is 0.143. The van der Waals surface area contributed by atoms with Crippen molar-refractivity contribution in [1.82, 2.24) is 9.72 Å². The van der Waals surface area contributed by atoms with Crippen LogP contribution in [0.3, 0.4) is 0 Å². The van der Waals surface area contributed by atoms with E-state index in [0.717, 1.165) is 44.9 Å². The number of phenols is 1. The number of benzene rings is 2. The van der Waals surface area contributed by atoms with E-state index in [1.807, 2.05) is 50.2 Å². The van der Waals surface area contributed by atoms with Gasteiger partial charge in [0.25, 0.3) is 0 Å². The Morgan fingerprint density at radius 1 is 1.11 bits per heavy atom. The van der Waals surface area contributed by atoms with Crippen molar-refractivity contribution in [2.24, 2.45) is 5.16 Å². The lowest BCUT2D eigenvalue weighted by molar-refractivity contribution is 0.215. The molecule has 2 aromatic carbocycles. The van der Waals surface area contributed by atoms with Gasteiger partial charge in [0, 0.05) is 16.6 Å². The first kappa shape index (κ1) is 16.9. The molecule has 6 nitrogen and oxygen atoms in total.